The van der Waals surface area contributed by atoms with Crippen molar-refractivity contribution in [3.05, 3.63) is 45.6 Å². The lowest BCUT2D eigenvalue weighted by Gasteiger charge is -2.10. The van der Waals surface area contributed by atoms with Crippen LogP contribution in [0.1, 0.15) is 44.4 Å². The summed E-state index contributed by atoms with van der Waals surface area (Å²) in [4.78, 5) is 11.6. The van der Waals surface area contributed by atoms with Crippen molar-refractivity contribution in [1.29, 1.82) is 0 Å². The van der Waals surface area contributed by atoms with Gasteiger partial charge in [0.2, 0.25) is 15.9 Å². The number of carbonyl (C=O) groups excluding carboxylic acids is 1. The van der Waals surface area contributed by atoms with Crippen molar-refractivity contribution in [2.75, 3.05) is 19.0 Å². The second kappa shape index (κ2) is 12.2. The van der Waals surface area contributed by atoms with Crippen LogP contribution < -0.4 is 9.46 Å². The smallest absolute Gasteiger partial charge is 0.420 e. The second-order valence-electron chi connectivity index (χ2n) is 6.88. The van der Waals surface area contributed by atoms with Gasteiger partial charge in [0.25, 0.3) is 0 Å². The number of nitrogens with zero attached hydrogens (tertiary/aromatic N) is 2. The number of sulfonamides is 1. The average molecular weight is 492 g/mol. The van der Waals surface area contributed by atoms with Crippen LogP contribution in [-0.4, -0.2) is 43.3 Å². The van der Waals surface area contributed by atoms with Gasteiger partial charge in [-0.1, -0.05) is 49.5 Å². The van der Waals surface area contributed by atoms with Crippen LogP contribution in [0, 0.1) is 0 Å². The highest BCUT2D eigenvalue weighted by Gasteiger charge is 2.18. The van der Waals surface area contributed by atoms with Crippen molar-refractivity contribution in [1.82, 2.24) is 14.5 Å². The number of carbonyl (C=O) groups is 1. The molecule has 1 aromatic heterocycles. The Labute approximate surface area is 192 Å². The number of amides is 1. The van der Waals surface area contributed by atoms with Gasteiger partial charge in [-0.25, -0.2) is 17.9 Å². The van der Waals surface area contributed by atoms with E-state index in [0.29, 0.717) is 41.2 Å². The third kappa shape index (κ3) is 8.59. The van der Waals surface area contributed by atoms with Gasteiger partial charge in [-0.3, -0.25) is 4.68 Å². The number of rotatable bonds is 12. The van der Waals surface area contributed by atoms with E-state index >= 15 is 0 Å². The molecule has 0 saturated carbocycles. The first-order chi connectivity index (χ1) is 14.7. The number of hydrogen-bond donors (Lipinski definition) is 1. The van der Waals surface area contributed by atoms with Crippen molar-refractivity contribution in [3.8, 4) is 5.88 Å². The average Bonchev–Trinajstić information content (AvgIpc) is 3.08. The van der Waals surface area contributed by atoms with E-state index in [0.717, 1.165) is 18.4 Å². The molecule has 1 aromatic carbocycles. The Morgan fingerprint density at radius 1 is 1.16 bits per heavy atom. The van der Waals surface area contributed by atoms with Crippen LogP contribution in [0.15, 0.2) is 24.3 Å². The maximum absolute atomic E-state index is 12.2. The molecule has 0 saturated heterocycles. The number of aromatic nitrogens is 2. The molecule has 0 radical (unpaired) electrons. The summed E-state index contributed by atoms with van der Waals surface area (Å²) in [5.74, 6) is 0.0871. The fraction of sp³-hybridized carbons (Fsp3) is 0.500. The molecule has 11 heteroatoms. The summed E-state index contributed by atoms with van der Waals surface area (Å²) in [7, 11) is -3.87. The molecule has 1 N–H and O–H groups in total. The largest absolute Gasteiger partial charge is 0.477 e. The number of ether oxygens (including phenoxy) is 2. The maximum Gasteiger partial charge on any atom is 0.420 e. The summed E-state index contributed by atoms with van der Waals surface area (Å²) in [5, 5.41) is 5.44. The third-order valence-corrected chi connectivity index (χ3v) is 6.03. The number of benzene rings is 1. The standard InChI is InChI=1S/C20H27Cl2N3O5S/c1-3-5-10-29-19-13-17(8-11-31(27,28)24-20(26)30-9-4-2)25(23-19)14-15-6-7-16(21)12-18(15)22/h6-7,12-13H,3-5,8-11,14H2,1-2H3,(H,24,26). The molecule has 1 amide bonds. The van der Waals surface area contributed by atoms with Crippen LogP contribution in [-0.2, 0) is 27.7 Å². The van der Waals surface area contributed by atoms with Crippen molar-refractivity contribution < 1.29 is 22.7 Å². The molecule has 0 fully saturated rings. The Hall–Kier alpha value is -1.97. The third-order valence-electron chi connectivity index (χ3n) is 4.23. The molecule has 0 aliphatic rings. The lowest BCUT2D eigenvalue weighted by Crippen LogP contribution is -2.34. The molecule has 31 heavy (non-hydrogen) atoms. The Morgan fingerprint density at radius 3 is 2.61 bits per heavy atom. The highest BCUT2D eigenvalue weighted by atomic mass is 35.5. The fourth-order valence-electron chi connectivity index (χ4n) is 2.61. The van der Waals surface area contributed by atoms with Gasteiger partial charge in [0, 0.05) is 28.2 Å². The van der Waals surface area contributed by atoms with E-state index in [9.17, 15) is 13.2 Å². The number of hydrogen-bond acceptors (Lipinski definition) is 6. The van der Waals surface area contributed by atoms with E-state index in [1.54, 1.807) is 28.9 Å². The number of aryl methyl sites for hydroxylation is 1. The fourth-order valence-corrected chi connectivity index (χ4v) is 3.97. The Balaban J connectivity index is 2.14. The van der Waals surface area contributed by atoms with Crippen LogP contribution >= 0.6 is 23.2 Å². The topological polar surface area (TPSA) is 99.5 Å². The zero-order valence-corrected chi connectivity index (χ0v) is 19.9. The Kier molecular flexibility index (Phi) is 9.93. The molecule has 0 atom stereocenters. The molecule has 0 bridgehead atoms. The van der Waals surface area contributed by atoms with Crippen molar-refractivity contribution in [2.24, 2.45) is 0 Å². The van der Waals surface area contributed by atoms with E-state index in [2.05, 4.69) is 12.0 Å². The van der Waals surface area contributed by atoms with Gasteiger partial charge in [0.15, 0.2) is 0 Å². The van der Waals surface area contributed by atoms with Crippen molar-refractivity contribution in [2.45, 2.75) is 46.1 Å². The van der Waals surface area contributed by atoms with E-state index in [1.165, 1.54) is 0 Å². The zero-order chi connectivity index (χ0) is 22.9. The first-order valence-corrected chi connectivity index (χ1v) is 12.5. The van der Waals surface area contributed by atoms with Crippen LogP contribution in [0.4, 0.5) is 4.79 Å². The molecule has 1 heterocycles. The van der Waals surface area contributed by atoms with Gasteiger partial charge in [-0.2, -0.15) is 0 Å². The van der Waals surface area contributed by atoms with E-state index in [-0.39, 0.29) is 18.8 Å². The molecule has 8 nitrogen and oxygen atoms in total. The summed E-state index contributed by atoms with van der Waals surface area (Å²) in [6, 6.07) is 6.84. The van der Waals surface area contributed by atoms with Gasteiger partial charge in [0.1, 0.15) is 0 Å². The van der Waals surface area contributed by atoms with Gasteiger partial charge in [-0.15, -0.1) is 5.10 Å². The van der Waals surface area contributed by atoms with Gasteiger partial charge >= 0.3 is 6.09 Å². The SMILES string of the molecule is CCCCOc1cc(CCS(=O)(=O)NC(=O)OCCC)n(Cc2ccc(Cl)cc2Cl)n1. The molecule has 2 aromatic rings. The highest BCUT2D eigenvalue weighted by molar-refractivity contribution is 7.90. The van der Waals surface area contributed by atoms with E-state index in [4.69, 9.17) is 32.7 Å². The molecule has 172 valence electrons. The number of halogens is 2. The second-order valence-corrected chi connectivity index (χ2v) is 9.56. The first-order valence-electron chi connectivity index (χ1n) is 10.0. The number of unbranched alkanes of at least 4 members (excludes halogenated alkanes) is 1. The minimum Gasteiger partial charge on any atom is -0.477 e. The summed E-state index contributed by atoms with van der Waals surface area (Å²) < 4.78 is 38.5. The predicted molar refractivity (Wildman–Crippen MR) is 120 cm³/mol. The summed E-state index contributed by atoms with van der Waals surface area (Å²) in [5.41, 5.74) is 1.41. The van der Waals surface area contributed by atoms with Crippen LogP contribution in [0.3, 0.4) is 0 Å². The molecular weight excluding hydrogens is 465 g/mol. The van der Waals surface area contributed by atoms with Gasteiger partial charge < -0.3 is 9.47 Å². The quantitative estimate of drug-likeness (QED) is 0.440. The lowest BCUT2D eigenvalue weighted by atomic mass is 10.2. The molecule has 0 spiro atoms. The summed E-state index contributed by atoms with van der Waals surface area (Å²) in [6.07, 6.45) is 1.59. The molecule has 0 aliphatic heterocycles. The zero-order valence-electron chi connectivity index (χ0n) is 17.6. The van der Waals surface area contributed by atoms with E-state index in [1.807, 2.05) is 11.6 Å². The minimum atomic E-state index is -3.87. The minimum absolute atomic E-state index is 0.117. The molecule has 2 rings (SSSR count). The van der Waals surface area contributed by atoms with Crippen molar-refractivity contribution >= 4 is 39.3 Å². The van der Waals surface area contributed by atoms with Crippen LogP contribution in [0.25, 0.3) is 0 Å². The van der Waals surface area contributed by atoms with Crippen LogP contribution in [0.2, 0.25) is 10.0 Å². The monoisotopic (exact) mass is 491 g/mol. The van der Waals surface area contributed by atoms with Gasteiger partial charge in [0.05, 0.1) is 25.5 Å². The van der Waals surface area contributed by atoms with Gasteiger partial charge in [-0.05, 0) is 30.5 Å². The highest BCUT2D eigenvalue weighted by Crippen LogP contribution is 2.23. The van der Waals surface area contributed by atoms with Crippen molar-refractivity contribution in [3.63, 3.8) is 0 Å². The Bertz CT molecular complexity index is 979. The van der Waals surface area contributed by atoms with Crippen LogP contribution in [0.5, 0.6) is 5.88 Å². The normalized spacial score (nSPS) is 11.4. The molecule has 0 unspecified atom stereocenters. The van der Waals surface area contributed by atoms with E-state index < -0.39 is 16.1 Å². The maximum atomic E-state index is 12.2. The molecular formula is C20H27Cl2N3O5S. The summed E-state index contributed by atoms with van der Waals surface area (Å²) in [6.45, 7) is 4.84. The lowest BCUT2D eigenvalue weighted by molar-refractivity contribution is 0.152. The first kappa shape index (κ1) is 25.3. The Morgan fingerprint density at radius 2 is 1.94 bits per heavy atom. The molecule has 0 aliphatic carbocycles. The number of nitrogens with one attached hydrogen (secondary N) is 1. The predicted octanol–water partition coefficient (Wildman–Crippen LogP) is 4.43. The summed E-state index contributed by atoms with van der Waals surface area (Å²) >= 11 is 12.2.